The van der Waals surface area contributed by atoms with Gasteiger partial charge in [-0.2, -0.15) is 4.98 Å². The van der Waals surface area contributed by atoms with Gasteiger partial charge in [0.25, 0.3) is 0 Å². The zero-order chi connectivity index (χ0) is 14.8. The van der Waals surface area contributed by atoms with Crippen molar-refractivity contribution in [1.82, 2.24) is 15.0 Å². The number of likely N-dealkylation sites (tertiary alicyclic amines) is 1. The molecule has 0 aliphatic carbocycles. The van der Waals surface area contributed by atoms with Gasteiger partial charge in [0.05, 0.1) is 6.10 Å². The largest absolute Gasteiger partial charge is 0.373 e. The second-order valence-corrected chi connectivity index (χ2v) is 7.35. The van der Waals surface area contributed by atoms with Gasteiger partial charge in [0.2, 0.25) is 6.39 Å². The van der Waals surface area contributed by atoms with Gasteiger partial charge in [0.15, 0.2) is 5.82 Å². The summed E-state index contributed by atoms with van der Waals surface area (Å²) in [5.41, 5.74) is 0. The quantitative estimate of drug-likeness (QED) is 0.865. The number of aromatic nitrogens is 2. The van der Waals surface area contributed by atoms with E-state index >= 15 is 0 Å². The van der Waals surface area contributed by atoms with Crippen LogP contribution >= 0.6 is 11.3 Å². The Labute approximate surface area is 134 Å². The Morgan fingerprint density at radius 1 is 1.23 bits per heavy atom. The van der Waals surface area contributed by atoms with E-state index in [1.807, 2.05) is 11.3 Å². The van der Waals surface area contributed by atoms with Gasteiger partial charge in [0.1, 0.15) is 0 Å². The number of thiophene rings is 1. The van der Waals surface area contributed by atoms with Crippen molar-refractivity contribution >= 4 is 11.3 Å². The lowest BCUT2D eigenvalue weighted by atomic mass is 9.96. The first kappa shape index (κ1) is 14.4. The molecule has 2 fully saturated rings. The van der Waals surface area contributed by atoms with E-state index in [9.17, 15) is 0 Å². The Kier molecular flexibility index (Phi) is 4.23. The molecule has 1 atom stereocenters. The number of hydrogen-bond acceptors (Lipinski definition) is 6. The molecule has 2 saturated heterocycles. The van der Waals surface area contributed by atoms with Crippen LogP contribution in [0.1, 0.15) is 53.3 Å². The number of nitrogens with zero attached hydrogens (tertiary/aromatic N) is 3. The average Bonchev–Trinajstić information content (AvgIpc) is 3.30. The van der Waals surface area contributed by atoms with E-state index in [0.717, 1.165) is 44.9 Å². The summed E-state index contributed by atoms with van der Waals surface area (Å²) < 4.78 is 10.6. The molecule has 0 radical (unpaired) electrons. The fourth-order valence-electron chi connectivity index (χ4n) is 3.38. The fourth-order valence-corrected chi connectivity index (χ4v) is 4.52. The summed E-state index contributed by atoms with van der Waals surface area (Å²) in [6, 6.07) is 4.52. The van der Waals surface area contributed by atoms with E-state index in [1.165, 1.54) is 29.0 Å². The second kappa shape index (κ2) is 6.48. The third-order valence-electron chi connectivity index (χ3n) is 4.64. The lowest BCUT2D eigenvalue weighted by Gasteiger charge is -2.30. The molecule has 0 saturated carbocycles. The lowest BCUT2D eigenvalue weighted by Crippen LogP contribution is -2.32. The highest BCUT2D eigenvalue weighted by Gasteiger charge is 2.24. The van der Waals surface area contributed by atoms with Crippen LogP contribution in [-0.4, -0.2) is 34.7 Å². The number of rotatable bonds is 4. The maximum atomic E-state index is 5.77. The molecule has 2 aromatic rings. The topological polar surface area (TPSA) is 51.4 Å². The van der Waals surface area contributed by atoms with Crippen LogP contribution in [0.5, 0.6) is 0 Å². The molecule has 4 heterocycles. The second-order valence-electron chi connectivity index (χ2n) is 6.15. The van der Waals surface area contributed by atoms with Gasteiger partial charge in [0, 0.05) is 28.8 Å². The van der Waals surface area contributed by atoms with E-state index < -0.39 is 0 Å². The van der Waals surface area contributed by atoms with E-state index in [-0.39, 0.29) is 0 Å². The van der Waals surface area contributed by atoms with Gasteiger partial charge in [-0.05, 0) is 50.9 Å². The van der Waals surface area contributed by atoms with Crippen LogP contribution in [0, 0.1) is 0 Å². The van der Waals surface area contributed by atoms with E-state index in [4.69, 9.17) is 9.26 Å². The molecule has 2 aliphatic rings. The molecule has 0 N–H and O–H groups in total. The number of ether oxygens (including phenoxy) is 1. The van der Waals surface area contributed by atoms with E-state index in [0.29, 0.717) is 12.0 Å². The molecular weight excluding hydrogens is 298 g/mol. The third-order valence-corrected chi connectivity index (χ3v) is 5.80. The summed E-state index contributed by atoms with van der Waals surface area (Å²) in [7, 11) is 0. The van der Waals surface area contributed by atoms with Gasteiger partial charge in [-0.3, -0.25) is 4.90 Å². The van der Waals surface area contributed by atoms with Crippen LogP contribution in [-0.2, 0) is 11.3 Å². The molecule has 0 aromatic carbocycles. The van der Waals surface area contributed by atoms with Gasteiger partial charge in [-0.1, -0.05) is 5.16 Å². The molecule has 4 rings (SSSR count). The van der Waals surface area contributed by atoms with Gasteiger partial charge in [-0.25, -0.2) is 0 Å². The fraction of sp³-hybridized carbons (Fsp3) is 0.625. The van der Waals surface area contributed by atoms with Crippen molar-refractivity contribution in [3.05, 3.63) is 34.1 Å². The van der Waals surface area contributed by atoms with Crippen molar-refractivity contribution in [2.45, 2.75) is 44.2 Å². The molecule has 0 amide bonds. The Hall–Kier alpha value is -1.24. The van der Waals surface area contributed by atoms with Crippen molar-refractivity contribution < 1.29 is 9.26 Å². The molecule has 0 bridgehead atoms. The summed E-state index contributed by atoms with van der Waals surface area (Å²) in [4.78, 5) is 9.56. The minimum absolute atomic E-state index is 0.350. The first-order chi connectivity index (χ1) is 10.9. The lowest BCUT2D eigenvalue weighted by molar-refractivity contribution is 0.114. The number of hydrogen-bond donors (Lipinski definition) is 0. The minimum Gasteiger partial charge on any atom is -0.373 e. The molecule has 0 unspecified atom stereocenters. The zero-order valence-corrected chi connectivity index (χ0v) is 13.4. The van der Waals surface area contributed by atoms with Crippen LogP contribution in [0.2, 0.25) is 0 Å². The standard InChI is InChI=1S/C16H21N3O2S/c1-2-14(20-9-1)15-4-3-13(22-15)10-19-7-5-12(6-8-19)16-17-11-21-18-16/h3-4,11-12,14H,1-2,5-10H2/t14-/m1/s1. The van der Waals surface area contributed by atoms with Crippen molar-refractivity contribution in [3.8, 4) is 0 Å². The Morgan fingerprint density at radius 2 is 2.14 bits per heavy atom. The van der Waals surface area contributed by atoms with Crippen LogP contribution < -0.4 is 0 Å². The maximum Gasteiger partial charge on any atom is 0.213 e. The molecule has 6 heteroatoms. The summed E-state index contributed by atoms with van der Waals surface area (Å²) >= 11 is 1.92. The van der Waals surface area contributed by atoms with Gasteiger partial charge in [-0.15, -0.1) is 11.3 Å². The molecule has 118 valence electrons. The van der Waals surface area contributed by atoms with Crippen molar-refractivity contribution in [1.29, 1.82) is 0 Å². The van der Waals surface area contributed by atoms with Crippen molar-refractivity contribution in [2.24, 2.45) is 0 Å². The van der Waals surface area contributed by atoms with Crippen molar-refractivity contribution in [2.75, 3.05) is 19.7 Å². The highest BCUT2D eigenvalue weighted by molar-refractivity contribution is 7.12. The average molecular weight is 319 g/mol. The normalized spacial score (nSPS) is 24.1. The molecule has 2 aromatic heterocycles. The Morgan fingerprint density at radius 3 is 2.86 bits per heavy atom. The Balaban J connectivity index is 1.31. The summed E-state index contributed by atoms with van der Waals surface area (Å²) in [5.74, 6) is 1.33. The summed E-state index contributed by atoms with van der Waals surface area (Å²) in [6.45, 7) is 4.18. The van der Waals surface area contributed by atoms with Crippen LogP contribution in [0.3, 0.4) is 0 Å². The third kappa shape index (κ3) is 3.09. The van der Waals surface area contributed by atoms with Crippen LogP contribution in [0.25, 0.3) is 0 Å². The molecule has 2 aliphatic heterocycles. The SMILES string of the molecule is c1nc(C2CCN(Cc3ccc([C@H]4CCCO4)s3)CC2)no1. The first-order valence-electron chi connectivity index (χ1n) is 8.07. The molecule has 5 nitrogen and oxygen atoms in total. The molecular formula is C16H21N3O2S. The van der Waals surface area contributed by atoms with Gasteiger partial charge < -0.3 is 9.26 Å². The zero-order valence-electron chi connectivity index (χ0n) is 12.6. The summed E-state index contributed by atoms with van der Waals surface area (Å²) in [5, 5.41) is 3.98. The van der Waals surface area contributed by atoms with E-state index in [1.54, 1.807) is 0 Å². The number of piperidine rings is 1. The van der Waals surface area contributed by atoms with E-state index in [2.05, 4.69) is 27.2 Å². The Bertz CT molecular complexity index is 584. The molecule has 0 spiro atoms. The van der Waals surface area contributed by atoms with Crippen molar-refractivity contribution in [3.63, 3.8) is 0 Å². The van der Waals surface area contributed by atoms with Crippen LogP contribution in [0.4, 0.5) is 0 Å². The monoisotopic (exact) mass is 319 g/mol. The predicted molar refractivity (Wildman–Crippen MR) is 83.8 cm³/mol. The summed E-state index contributed by atoms with van der Waals surface area (Å²) in [6.07, 6.45) is 6.38. The minimum atomic E-state index is 0.350. The molecule has 22 heavy (non-hydrogen) atoms. The van der Waals surface area contributed by atoms with Crippen LogP contribution in [0.15, 0.2) is 23.0 Å². The highest BCUT2D eigenvalue weighted by Crippen LogP contribution is 2.34. The maximum absolute atomic E-state index is 5.77. The highest BCUT2D eigenvalue weighted by atomic mass is 32.1. The first-order valence-corrected chi connectivity index (χ1v) is 8.89. The smallest absolute Gasteiger partial charge is 0.213 e. The van der Waals surface area contributed by atoms with Gasteiger partial charge >= 0.3 is 0 Å². The predicted octanol–water partition coefficient (Wildman–Crippen LogP) is 3.36.